The van der Waals surface area contributed by atoms with Crippen molar-refractivity contribution < 1.29 is 4.79 Å². The van der Waals surface area contributed by atoms with Crippen LogP contribution in [0.1, 0.15) is 48.4 Å². The quantitative estimate of drug-likeness (QED) is 0.859. The Labute approximate surface area is 131 Å². The lowest BCUT2D eigenvalue weighted by Gasteiger charge is -2.23. The van der Waals surface area contributed by atoms with Crippen molar-refractivity contribution in [1.29, 1.82) is 0 Å². The van der Waals surface area contributed by atoms with Crippen LogP contribution in [0.15, 0.2) is 36.7 Å². The molecule has 2 rings (SSSR count). The van der Waals surface area contributed by atoms with Crippen LogP contribution in [0.5, 0.6) is 0 Å². The molecule has 0 aliphatic carbocycles. The number of nitrogens with two attached hydrogens (primary N) is 1. The minimum Gasteiger partial charge on any atom is -0.364 e. The van der Waals surface area contributed by atoms with E-state index in [4.69, 9.17) is 5.73 Å². The number of hydrogen-bond donors (Lipinski definition) is 2. The van der Waals surface area contributed by atoms with Gasteiger partial charge in [-0.3, -0.25) is 9.78 Å². The van der Waals surface area contributed by atoms with Crippen molar-refractivity contribution in [3.8, 4) is 0 Å². The maximum atomic E-state index is 11.2. The predicted molar refractivity (Wildman–Crippen MR) is 87.6 cm³/mol. The molecule has 22 heavy (non-hydrogen) atoms. The molecule has 0 fully saturated rings. The van der Waals surface area contributed by atoms with Gasteiger partial charge in [-0.1, -0.05) is 45.0 Å². The lowest BCUT2D eigenvalue weighted by Crippen LogP contribution is -2.19. The molecule has 0 radical (unpaired) electrons. The molecule has 0 aliphatic heterocycles. The lowest BCUT2D eigenvalue weighted by molar-refractivity contribution is 0.0995. The second-order valence-corrected chi connectivity index (χ2v) is 5.61. The van der Waals surface area contributed by atoms with Crippen LogP contribution in [0.3, 0.4) is 0 Å². The number of aromatic nitrogens is 2. The number of primary amides is 1. The molecule has 0 saturated carbocycles. The lowest BCUT2D eigenvalue weighted by atomic mass is 9.95. The van der Waals surface area contributed by atoms with E-state index >= 15 is 0 Å². The summed E-state index contributed by atoms with van der Waals surface area (Å²) >= 11 is 0. The topological polar surface area (TPSA) is 80.9 Å². The smallest absolute Gasteiger partial charge is 0.268 e. The molecule has 0 saturated heterocycles. The summed E-state index contributed by atoms with van der Waals surface area (Å²) in [6.45, 7) is 6.41. The molecule has 1 heterocycles. The van der Waals surface area contributed by atoms with E-state index in [0.29, 0.717) is 11.7 Å². The third kappa shape index (κ3) is 3.81. The van der Waals surface area contributed by atoms with Gasteiger partial charge in [-0.25, -0.2) is 4.98 Å². The van der Waals surface area contributed by atoms with Gasteiger partial charge in [-0.15, -0.1) is 0 Å². The molecule has 2 aromatic rings. The summed E-state index contributed by atoms with van der Waals surface area (Å²) < 4.78 is 0. The summed E-state index contributed by atoms with van der Waals surface area (Å²) in [5.41, 5.74) is 7.89. The summed E-state index contributed by atoms with van der Waals surface area (Å²) in [6, 6.07) is 8.61. The van der Waals surface area contributed by atoms with Crippen molar-refractivity contribution in [3.63, 3.8) is 0 Å². The Morgan fingerprint density at radius 1 is 1.23 bits per heavy atom. The molecule has 1 atom stereocenters. The minimum atomic E-state index is -0.579. The summed E-state index contributed by atoms with van der Waals surface area (Å²) in [5, 5.41) is 3.35. The maximum Gasteiger partial charge on any atom is 0.268 e. The molecule has 0 aliphatic rings. The third-order valence-electron chi connectivity index (χ3n) is 3.60. The zero-order valence-electron chi connectivity index (χ0n) is 13.2. The van der Waals surface area contributed by atoms with Crippen LogP contribution in [0.25, 0.3) is 0 Å². The van der Waals surface area contributed by atoms with E-state index < -0.39 is 5.91 Å². The van der Waals surface area contributed by atoms with Crippen LogP contribution in [0.4, 0.5) is 5.82 Å². The van der Waals surface area contributed by atoms with Crippen molar-refractivity contribution in [2.45, 2.75) is 33.2 Å². The van der Waals surface area contributed by atoms with Crippen molar-refractivity contribution in [3.05, 3.63) is 53.5 Å². The monoisotopic (exact) mass is 298 g/mol. The fraction of sp³-hybridized carbons (Fsp3) is 0.353. The molecule has 0 bridgehead atoms. The number of amides is 1. The first-order chi connectivity index (χ1) is 10.5. The van der Waals surface area contributed by atoms with Crippen LogP contribution in [0.2, 0.25) is 0 Å². The van der Waals surface area contributed by atoms with Gasteiger partial charge in [-0.05, 0) is 23.5 Å². The average molecular weight is 298 g/mol. The zero-order valence-corrected chi connectivity index (χ0v) is 13.2. The Balaban J connectivity index is 2.25. The third-order valence-corrected chi connectivity index (χ3v) is 3.60. The van der Waals surface area contributed by atoms with Gasteiger partial charge in [0, 0.05) is 0 Å². The standard InChI is InChI=1S/C17H22N4O/c1-4-12-5-7-13(8-6-12)16(11(2)3)21-15-10-19-9-14(20-15)17(18)22/h5-11,16H,4H2,1-3H3,(H2,18,22)(H,20,21). The Morgan fingerprint density at radius 2 is 1.91 bits per heavy atom. The highest BCUT2D eigenvalue weighted by Crippen LogP contribution is 2.26. The zero-order chi connectivity index (χ0) is 16.1. The van der Waals surface area contributed by atoms with Crippen LogP contribution < -0.4 is 11.1 Å². The summed E-state index contributed by atoms with van der Waals surface area (Å²) in [7, 11) is 0. The Morgan fingerprint density at radius 3 is 2.45 bits per heavy atom. The van der Waals surface area contributed by atoms with Crippen LogP contribution in [-0.2, 0) is 6.42 Å². The molecule has 116 valence electrons. The second-order valence-electron chi connectivity index (χ2n) is 5.61. The van der Waals surface area contributed by atoms with E-state index in [1.807, 2.05) is 0 Å². The Kier molecular flexibility index (Phi) is 5.09. The molecule has 5 heteroatoms. The minimum absolute atomic E-state index is 0.0864. The molecule has 0 spiro atoms. The van der Waals surface area contributed by atoms with Crippen molar-refractivity contribution in [1.82, 2.24) is 9.97 Å². The van der Waals surface area contributed by atoms with Gasteiger partial charge in [0.05, 0.1) is 18.4 Å². The van der Waals surface area contributed by atoms with Crippen LogP contribution in [0, 0.1) is 5.92 Å². The first kappa shape index (κ1) is 15.9. The highest BCUT2D eigenvalue weighted by Gasteiger charge is 2.17. The molecule has 3 N–H and O–H groups in total. The highest BCUT2D eigenvalue weighted by atomic mass is 16.1. The van der Waals surface area contributed by atoms with Crippen molar-refractivity contribution >= 4 is 11.7 Å². The van der Waals surface area contributed by atoms with Crippen molar-refractivity contribution in [2.75, 3.05) is 5.32 Å². The number of nitrogens with one attached hydrogen (secondary N) is 1. The number of hydrogen-bond acceptors (Lipinski definition) is 4. The van der Waals surface area contributed by atoms with E-state index in [2.05, 4.69) is 60.3 Å². The first-order valence-electron chi connectivity index (χ1n) is 7.48. The van der Waals surface area contributed by atoms with E-state index in [9.17, 15) is 4.79 Å². The fourth-order valence-corrected chi connectivity index (χ4v) is 2.31. The SMILES string of the molecule is CCc1ccc(C(Nc2cncc(C(N)=O)n2)C(C)C)cc1. The van der Waals surface area contributed by atoms with Gasteiger partial charge in [0.15, 0.2) is 0 Å². The van der Waals surface area contributed by atoms with E-state index in [0.717, 1.165) is 6.42 Å². The number of benzene rings is 1. The predicted octanol–water partition coefficient (Wildman–Crippen LogP) is 2.95. The summed E-state index contributed by atoms with van der Waals surface area (Å²) in [5.74, 6) is 0.325. The Bertz CT molecular complexity index is 637. The number of nitrogens with zero attached hydrogens (tertiary/aromatic N) is 2. The molecular formula is C17H22N4O. The van der Waals surface area contributed by atoms with E-state index in [1.54, 1.807) is 6.20 Å². The molecule has 1 unspecified atom stereocenters. The summed E-state index contributed by atoms with van der Waals surface area (Å²) in [4.78, 5) is 19.4. The van der Waals surface area contributed by atoms with Gasteiger partial charge in [-0.2, -0.15) is 0 Å². The van der Waals surface area contributed by atoms with Gasteiger partial charge in [0.25, 0.3) is 5.91 Å². The first-order valence-corrected chi connectivity index (χ1v) is 7.48. The molecule has 1 aromatic heterocycles. The molecule has 1 amide bonds. The normalized spacial score (nSPS) is 12.2. The number of rotatable bonds is 6. The van der Waals surface area contributed by atoms with Gasteiger partial charge < -0.3 is 11.1 Å². The van der Waals surface area contributed by atoms with Crippen LogP contribution >= 0.6 is 0 Å². The fourth-order valence-electron chi connectivity index (χ4n) is 2.31. The largest absolute Gasteiger partial charge is 0.364 e. The van der Waals surface area contributed by atoms with E-state index in [1.165, 1.54) is 17.3 Å². The second kappa shape index (κ2) is 7.02. The van der Waals surface area contributed by atoms with Crippen molar-refractivity contribution in [2.24, 2.45) is 11.7 Å². The van der Waals surface area contributed by atoms with Gasteiger partial charge in [0.1, 0.15) is 11.5 Å². The van der Waals surface area contributed by atoms with Gasteiger partial charge >= 0.3 is 0 Å². The number of carbonyl (C=O) groups excluding carboxylic acids is 1. The number of carbonyl (C=O) groups is 1. The highest BCUT2D eigenvalue weighted by molar-refractivity contribution is 5.90. The molecule has 5 nitrogen and oxygen atoms in total. The average Bonchev–Trinajstić information content (AvgIpc) is 2.53. The maximum absolute atomic E-state index is 11.2. The summed E-state index contributed by atoms with van der Waals surface area (Å²) in [6.07, 6.45) is 3.99. The number of aryl methyl sites for hydroxylation is 1. The van der Waals surface area contributed by atoms with Crippen LogP contribution in [-0.4, -0.2) is 15.9 Å². The number of anilines is 1. The Hall–Kier alpha value is -2.43. The van der Waals surface area contributed by atoms with Gasteiger partial charge in [0.2, 0.25) is 0 Å². The molecule has 1 aromatic carbocycles. The van der Waals surface area contributed by atoms with E-state index in [-0.39, 0.29) is 11.7 Å². The molecular weight excluding hydrogens is 276 g/mol.